The molecule has 0 atom stereocenters. The number of allylic oxidation sites excluding steroid dienone is 2. The number of hydrogen-bond donors (Lipinski definition) is 2. The Hall–Kier alpha value is -2.97. The van der Waals surface area contributed by atoms with Crippen LogP contribution >= 0.6 is 0 Å². The lowest BCUT2D eigenvalue weighted by molar-refractivity contribution is 0.160. The summed E-state index contributed by atoms with van der Waals surface area (Å²) in [5.41, 5.74) is 4.46. The number of nitrogens with one attached hydrogen (secondary N) is 1. The van der Waals surface area contributed by atoms with Crippen LogP contribution in [-0.4, -0.2) is 19.2 Å². The van der Waals surface area contributed by atoms with Crippen molar-refractivity contribution in [1.29, 1.82) is 0 Å². The van der Waals surface area contributed by atoms with Gasteiger partial charge in [0.15, 0.2) is 0 Å². The first-order valence-corrected chi connectivity index (χ1v) is 7.66. The zero-order chi connectivity index (χ0) is 20.0. The van der Waals surface area contributed by atoms with Crippen molar-refractivity contribution in [1.82, 2.24) is 0 Å². The van der Waals surface area contributed by atoms with Gasteiger partial charge in [-0.15, -0.1) is 0 Å². The van der Waals surface area contributed by atoms with Crippen LogP contribution in [0.25, 0.3) is 5.57 Å². The maximum Gasteiger partial charge on any atom is 0.331 e. The Labute approximate surface area is 151 Å². The third kappa shape index (κ3) is 5.50. The molecular formula is C18H15F6N3. The van der Waals surface area contributed by atoms with E-state index in [9.17, 15) is 26.3 Å². The molecule has 0 bridgehead atoms. The van der Waals surface area contributed by atoms with Gasteiger partial charge in [-0.3, -0.25) is 0 Å². The van der Waals surface area contributed by atoms with E-state index in [2.05, 4.69) is 10.3 Å². The number of nitrogens with two attached hydrogens (primary N) is 1. The lowest BCUT2D eigenvalue weighted by atomic mass is 10.0. The number of anilines is 1. The van der Waals surface area contributed by atoms with E-state index in [1.54, 1.807) is 0 Å². The van der Waals surface area contributed by atoms with Crippen LogP contribution in [0.1, 0.15) is 11.1 Å². The molecule has 2 aromatic rings. The molecule has 0 unspecified atom stereocenters. The minimum Gasteiger partial charge on any atom is -0.397 e. The minimum absolute atomic E-state index is 0.139. The molecule has 27 heavy (non-hydrogen) atoms. The number of rotatable bonds is 7. The predicted molar refractivity (Wildman–Crippen MR) is 91.7 cm³/mol. The standard InChI is InChI=1S/C18H15F6N3/c19-14-2-1-3-15(20)13(14)9-26-11-6-4-10(5-7-11)12(8-27-18(23)24)16(25)17(21)22/h1-8,17-18,26H,9,25H2/b16-12+,27-8+. The SMILES string of the molecule is N/C(=C(\C=N\C(F)F)c1ccc(NCc2c(F)cccc2F)cc1)C(F)F. The molecule has 0 aliphatic rings. The summed E-state index contributed by atoms with van der Waals surface area (Å²) in [4.78, 5) is 2.79. The molecule has 2 rings (SSSR count). The quantitative estimate of drug-likeness (QED) is 0.407. The largest absolute Gasteiger partial charge is 0.397 e. The molecule has 0 spiro atoms. The average molecular weight is 387 g/mol. The van der Waals surface area contributed by atoms with E-state index in [1.165, 1.54) is 30.3 Å². The highest BCUT2D eigenvalue weighted by atomic mass is 19.3. The van der Waals surface area contributed by atoms with Gasteiger partial charge >= 0.3 is 6.55 Å². The summed E-state index contributed by atoms with van der Waals surface area (Å²) in [7, 11) is 0. The molecule has 0 fully saturated rings. The van der Waals surface area contributed by atoms with Crippen LogP contribution in [-0.2, 0) is 6.54 Å². The summed E-state index contributed by atoms with van der Waals surface area (Å²) >= 11 is 0. The first kappa shape index (κ1) is 20.3. The van der Waals surface area contributed by atoms with E-state index < -0.39 is 30.3 Å². The highest BCUT2D eigenvalue weighted by Crippen LogP contribution is 2.22. The fourth-order valence-electron chi connectivity index (χ4n) is 2.22. The van der Waals surface area contributed by atoms with Crippen molar-refractivity contribution >= 4 is 17.5 Å². The van der Waals surface area contributed by atoms with Crippen molar-refractivity contribution in [3.8, 4) is 0 Å². The van der Waals surface area contributed by atoms with Gasteiger partial charge in [-0.25, -0.2) is 22.6 Å². The van der Waals surface area contributed by atoms with Crippen molar-refractivity contribution in [2.45, 2.75) is 19.5 Å². The molecule has 0 saturated heterocycles. The third-order valence-electron chi connectivity index (χ3n) is 3.59. The fourth-order valence-corrected chi connectivity index (χ4v) is 2.22. The summed E-state index contributed by atoms with van der Waals surface area (Å²) in [6.07, 6.45) is -2.46. The molecule has 0 aromatic heterocycles. The second kappa shape index (κ2) is 9.11. The van der Waals surface area contributed by atoms with Crippen molar-refractivity contribution < 1.29 is 26.3 Å². The highest BCUT2D eigenvalue weighted by molar-refractivity contribution is 6.11. The molecule has 144 valence electrons. The van der Waals surface area contributed by atoms with Gasteiger partial charge in [-0.2, -0.15) is 8.78 Å². The van der Waals surface area contributed by atoms with Gasteiger partial charge in [0.2, 0.25) is 0 Å². The van der Waals surface area contributed by atoms with E-state index in [-0.39, 0.29) is 23.2 Å². The Morgan fingerprint density at radius 1 is 1.00 bits per heavy atom. The highest BCUT2D eigenvalue weighted by Gasteiger charge is 2.14. The average Bonchev–Trinajstić information content (AvgIpc) is 2.62. The zero-order valence-electron chi connectivity index (χ0n) is 13.8. The second-order valence-electron chi connectivity index (χ2n) is 5.36. The van der Waals surface area contributed by atoms with Gasteiger partial charge in [0.05, 0.1) is 5.70 Å². The van der Waals surface area contributed by atoms with Crippen LogP contribution in [0.15, 0.2) is 53.2 Å². The number of alkyl halides is 4. The van der Waals surface area contributed by atoms with Crippen molar-refractivity contribution in [3.05, 3.63) is 70.9 Å². The first-order chi connectivity index (χ1) is 12.8. The summed E-state index contributed by atoms with van der Waals surface area (Å²) in [5, 5.41) is 2.78. The van der Waals surface area contributed by atoms with Crippen LogP contribution < -0.4 is 11.1 Å². The van der Waals surface area contributed by atoms with Crippen LogP contribution in [0.2, 0.25) is 0 Å². The molecule has 0 heterocycles. The summed E-state index contributed by atoms with van der Waals surface area (Å²) < 4.78 is 77.3. The minimum atomic E-state index is -3.07. The molecule has 0 amide bonds. The molecule has 9 heteroatoms. The second-order valence-corrected chi connectivity index (χ2v) is 5.36. The maximum absolute atomic E-state index is 13.6. The van der Waals surface area contributed by atoms with Gasteiger partial charge < -0.3 is 11.1 Å². The zero-order valence-corrected chi connectivity index (χ0v) is 13.8. The number of nitrogens with zero attached hydrogens (tertiary/aromatic N) is 1. The van der Waals surface area contributed by atoms with E-state index in [0.29, 0.717) is 11.9 Å². The van der Waals surface area contributed by atoms with Crippen LogP contribution in [0.3, 0.4) is 0 Å². The molecule has 3 nitrogen and oxygen atoms in total. The van der Waals surface area contributed by atoms with Gasteiger partial charge in [0.1, 0.15) is 11.6 Å². The predicted octanol–water partition coefficient (Wildman–Crippen LogP) is 4.81. The van der Waals surface area contributed by atoms with Crippen molar-refractivity contribution in [2.24, 2.45) is 10.7 Å². The van der Waals surface area contributed by atoms with Gasteiger partial charge in [0.25, 0.3) is 6.43 Å². The third-order valence-corrected chi connectivity index (χ3v) is 3.59. The summed E-state index contributed by atoms with van der Waals surface area (Å²) in [6.45, 7) is -3.21. The lowest BCUT2D eigenvalue weighted by Crippen LogP contribution is -2.12. The molecule has 3 N–H and O–H groups in total. The van der Waals surface area contributed by atoms with Gasteiger partial charge in [0, 0.05) is 29.6 Å². The maximum atomic E-state index is 13.6. The number of hydrogen-bond acceptors (Lipinski definition) is 3. The van der Waals surface area contributed by atoms with Crippen LogP contribution in [0, 0.1) is 11.6 Å². The smallest absolute Gasteiger partial charge is 0.331 e. The normalized spacial score (nSPS) is 12.7. The van der Waals surface area contributed by atoms with E-state index >= 15 is 0 Å². The summed E-state index contributed by atoms with van der Waals surface area (Å²) in [5.74, 6) is -1.42. The molecule has 0 aliphatic heterocycles. The number of aliphatic imine (C=N–C) groups is 1. The van der Waals surface area contributed by atoms with Crippen molar-refractivity contribution in [3.63, 3.8) is 0 Å². The Balaban J connectivity index is 2.20. The number of benzene rings is 2. The first-order valence-electron chi connectivity index (χ1n) is 7.66. The fraction of sp³-hybridized carbons (Fsp3) is 0.167. The Morgan fingerprint density at radius 3 is 2.11 bits per heavy atom. The van der Waals surface area contributed by atoms with Crippen LogP contribution in [0.4, 0.5) is 32.0 Å². The van der Waals surface area contributed by atoms with Crippen molar-refractivity contribution in [2.75, 3.05) is 5.32 Å². The molecule has 0 saturated carbocycles. The Kier molecular flexibility index (Phi) is 6.86. The molecule has 0 aliphatic carbocycles. The Morgan fingerprint density at radius 2 is 1.59 bits per heavy atom. The molecular weight excluding hydrogens is 372 g/mol. The lowest BCUT2D eigenvalue weighted by Gasteiger charge is -2.11. The Bertz CT molecular complexity index is 811. The molecule has 0 radical (unpaired) electrons. The van der Waals surface area contributed by atoms with Gasteiger partial charge in [-0.05, 0) is 29.8 Å². The molecule has 2 aromatic carbocycles. The van der Waals surface area contributed by atoms with Crippen LogP contribution in [0.5, 0.6) is 0 Å². The van der Waals surface area contributed by atoms with E-state index in [1.807, 2.05) is 0 Å². The summed E-state index contributed by atoms with van der Waals surface area (Å²) in [6, 6.07) is 9.05. The van der Waals surface area contributed by atoms with E-state index in [4.69, 9.17) is 5.73 Å². The van der Waals surface area contributed by atoms with Gasteiger partial charge in [-0.1, -0.05) is 18.2 Å². The number of halogens is 6. The van der Waals surface area contributed by atoms with E-state index in [0.717, 1.165) is 12.1 Å². The monoisotopic (exact) mass is 387 g/mol. The topological polar surface area (TPSA) is 50.4 Å².